The van der Waals surface area contributed by atoms with Crippen molar-refractivity contribution in [2.45, 2.75) is 122 Å². The normalized spacial score (nSPS) is 13.3. The van der Waals surface area contributed by atoms with Gasteiger partial charge in [-0.25, -0.2) is 8.78 Å². The molecule has 1 saturated carbocycles. The van der Waals surface area contributed by atoms with Crippen molar-refractivity contribution in [2.24, 2.45) is 0 Å². The van der Waals surface area contributed by atoms with E-state index in [9.17, 15) is 86.7 Å². The Morgan fingerprint density at radius 3 is 1.37 bits per heavy atom. The van der Waals surface area contributed by atoms with Gasteiger partial charge in [-0.3, -0.25) is 38.4 Å². The average Bonchev–Trinajstić information content (AvgIpc) is 1.65. The highest BCUT2D eigenvalue weighted by molar-refractivity contribution is 9.11. The van der Waals surface area contributed by atoms with Gasteiger partial charge in [0.25, 0.3) is 22.2 Å². The minimum Gasteiger partial charge on any atom is -0.481 e. The lowest BCUT2D eigenvalue weighted by molar-refractivity contribution is -0.144. The molecule has 0 bridgehead atoms. The summed E-state index contributed by atoms with van der Waals surface area (Å²) in [4.78, 5) is 97.8. The number of likely N-dealkylation sites (tertiary alicyclic amines) is 1. The standard InChI is InChI=1S/C21H17ClF4N2O2S.C17H11ClF3NO3S.C12H12BrNO3S.C7H5BClF3O2.C7H4BrNOS.C5H9BrO2.C5H9F.ClH/c22-16-2-1-12(9-15(16)21(24,25)26)14-11-31-17-4-7-27(20(30)19(14)17)8-5-18(29)28-6-3-13(23)10-28;18-12-2-1-9(7-11(12)17(19,20)21)10-8-26-13-3-5-22(6-4-14(23)24)16(25)15(10)13;1-2-17-10(15)4-6-14-5-3-9-11(12(14)16)8(13)7-18-9;9-6-2-1-4(8(13)14)3-5(6)7(10,11)12;8-4-3-11-5-1-2-9-7(10)6(4)5;1-2-8-5(7)3-4-6;6-5-3-1-2-4-5;/h1-2,4,7,9,11,13H,3,5-6,8,10H2;1-3,5,7-8H,4,6H2,(H,23,24);3,5,7H,2,4,6H2,1H3;1-3,13-14H;1-3H,(H,9,10);2-4H2,1H3;5H,1-4H2;1H. The number of halogens is 18. The molecule has 2 fully saturated rings. The van der Waals surface area contributed by atoms with Crippen LogP contribution in [-0.2, 0) is 66.8 Å². The van der Waals surface area contributed by atoms with Gasteiger partial charge in [-0.2, -0.15) is 39.5 Å². The fourth-order valence-corrected chi connectivity index (χ4v) is 17.2. The van der Waals surface area contributed by atoms with Gasteiger partial charge in [0, 0.05) is 123 Å². The average molecular weight is 1960 g/mol. The number of esters is 2. The summed E-state index contributed by atoms with van der Waals surface area (Å²) >= 11 is 32.0. The quantitative estimate of drug-likeness (QED) is 0.0304. The molecule has 3 aromatic carbocycles. The van der Waals surface area contributed by atoms with Gasteiger partial charge in [0.15, 0.2) is 0 Å². The number of amides is 1. The van der Waals surface area contributed by atoms with Gasteiger partial charge in [-0.1, -0.05) is 81.8 Å². The predicted molar refractivity (Wildman–Crippen MR) is 443 cm³/mol. The number of carbonyl (C=O) groups is 4. The third-order valence-electron chi connectivity index (χ3n) is 16.6. The largest absolute Gasteiger partial charge is 0.488 e. The van der Waals surface area contributed by atoms with Gasteiger partial charge < -0.3 is 48.2 Å². The van der Waals surface area contributed by atoms with Gasteiger partial charge in [0.05, 0.1) is 92.3 Å². The number of fused-ring (bicyclic) bond motifs is 4. The van der Waals surface area contributed by atoms with Crippen LogP contribution in [-0.4, -0.2) is 114 Å². The van der Waals surface area contributed by atoms with Crippen LogP contribution in [0.4, 0.5) is 48.3 Å². The van der Waals surface area contributed by atoms with Crippen molar-refractivity contribution in [3.05, 3.63) is 207 Å². The van der Waals surface area contributed by atoms with Crippen molar-refractivity contribution in [1.29, 1.82) is 0 Å². The first-order valence-electron chi connectivity index (χ1n) is 34.1. The zero-order valence-electron chi connectivity index (χ0n) is 60.1. The first-order valence-corrected chi connectivity index (χ1v) is 41.5. The van der Waals surface area contributed by atoms with Crippen LogP contribution in [0.3, 0.4) is 0 Å². The number of nitrogens with one attached hydrogen (secondary N) is 1. The second kappa shape index (κ2) is 44.7. The van der Waals surface area contributed by atoms with Crippen LogP contribution >= 0.6 is 140 Å². The Labute approximate surface area is 710 Å². The van der Waals surface area contributed by atoms with Crippen LogP contribution in [0, 0.1) is 0 Å². The SMILES string of the molecule is CCOC(=O)CCBr.CCOC(=O)CCn1ccc2scc(Br)c2c1=O.Cl.FC1CCCC1.O=C(CCn1ccc2scc(-c3ccc(Cl)c(C(F)(F)F)c3)c2c1=O)N1CCC(F)C1.O=C(O)CCn1ccc2scc(-c3ccc(Cl)c(C(F)(F)F)c3)c2c1=O.O=c1[nH]ccc2scc(Br)c12.OB(O)c1ccc(Cl)c(C(F)(F)F)c1. The molecule has 1 amide bonds. The van der Waals surface area contributed by atoms with E-state index in [4.69, 9.17) is 54.7 Å². The number of aliphatic carboxylic acids is 1. The molecular formula is C74H68BBr3Cl4F11N5O13S4. The van der Waals surface area contributed by atoms with Crippen molar-refractivity contribution >= 4 is 217 Å². The molecule has 9 heterocycles. The molecule has 13 rings (SSSR count). The highest BCUT2D eigenvalue weighted by Crippen LogP contribution is 2.42. The van der Waals surface area contributed by atoms with E-state index in [0.29, 0.717) is 81.8 Å². The maximum atomic E-state index is 13.3. The number of hydrogen-bond acceptors (Lipinski definition) is 16. The Morgan fingerprint density at radius 1 is 0.548 bits per heavy atom. The fraction of sp³-hybridized carbons (Fsp3) is 0.324. The Kier molecular flexibility index (Phi) is 37.6. The van der Waals surface area contributed by atoms with E-state index in [1.165, 1.54) is 70.9 Å². The van der Waals surface area contributed by atoms with E-state index >= 15 is 0 Å². The minimum atomic E-state index is -4.62. The molecule has 8 aromatic heterocycles. The summed E-state index contributed by atoms with van der Waals surface area (Å²) in [5.74, 6) is -1.70. The summed E-state index contributed by atoms with van der Waals surface area (Å²) in [6.45, 7) is 5.26. The van der Waals surface area contributed by atoms with Crippen LogP contribution in [0.1, 0.15) is 88.3 Å². The summed E-state index contributed by atoms with van der Waals surface area (Å²) in [5, 5.41) is 34.5. The maximum Gasteiger partial charge on any atom is 0.488 e. The van der Waals surface area contributed by atoms with Crippen LogP contribution in [0.5, 0.6) is 0 Å². The molecule has 2 aliphatic rings. The molecule has 1 aliphatic carbocycles. The highest BCUT2D eigenvalue weighted by Gasteiger charge is 2.36. The number of hydrogen-bond donors (Lipinski definition) is 4. The number of nitrogens with zero attached hydrogens (tertiary/aromatic N) is 4. The molecule has 115 heavy (non-hydrogen) atoms. The van der Waals surface area contributed by atoms with E-state index in [-0.39, 0.29) is 102 Å². The number of aryl methyl sites for hydroxylation is 3. The monoisotopic (exact) mass is 1960 g/mol. The first-order chi connectivity index (χ1) is 53.8. The Hall–Kier alpha value is -7.01. The van der Waals surface area contributed by atoms with Crippen LogP contribution in [0.2, 0.25) is 15.1 Å². The molecular weight excluding hydrogens is 1900 g/mol. The number of pyridine rings is 4. The zero-order valence-corrected chi connectivity index (χ0v) is 71.2. The molecule has 620 valence electrons. The number of thiophene rings is 4. The third-order valence-corrected chi connectivity index (χ3v) is 23.7. The molecule has 0 radical (unpaired) electrons. The van der Waals surface area contributed by atoms with Crippen molar-refractivity contribution in [3.8, 4) is 22.3 Å². The predicted octanol–water partition coefficient (Wildman–Crippen LogP) is 20.1. The molecule has 1 saturated heterocycles. The number of aromatic amines is 1. The number of ether oxygens (including phenoxy) is 2. The third kappa shape index (κ3) is 27.5. The van der Waals surface area contributed by atoms with Crippen LogP contribution in [0.25, 0.3) is 62.6 Å². The number of benzene rings is 3. The number of rotatable bonds is 16. The molecule has 11 aromatic rings. The van der Waals surface area contributed by atoms with Gasteiger partial charge >= 0.3 is 43.6 Å². The summed E-state index contributed by atoms with van der Waals surface area (Å²) in [5.41, 5.74) is -3.01. The number of aromatic nitrogens is 4. The lowest BCUT2D eigenvalue weighted by Gasteiger charge is -2.15. The lowest BCUT2D eigenvalue weighted by Crippen LogP contribution is -2.31. The Balaban J connectivity index is 0.000000221. The zero-order chi connectivity index (χ0) is 84.1. The van der Waals surface area contributed by atoms with Gasteiger partial charge in [-0.05, 0) is 142 Å². The molecule has 4 N–H and O–H groups in total. The highest BCUT2D eigenvalue weighted by atomic mass is 79.9. The van der Waals surface area contributed by atoms with E-state index in [2.05, 4.69) is 57.5 Å². The Morgan fingerprint density at radius 2 is 0.957 bits per heavy atom. The minimum absolute atomic E-state index is 0. The van der Waals surface area contributed by atoms with Crippen LogP contribution in [0.15, 0.2) is 153 Å². The second-order valence-corrected chi connectivity index (χ2v) is 31.8. The second-order valence-electron chi connectivity index (χ2n) is 24.5. The first kappa shape index (κ1) is 96.8. The fourth-order valence-electron chi connectivity index (χ4n) is 11.0. The molecule has 1 unspecified atom stereocenters. The number of carboxylic acids is 1. The van der Waals surface area contributed by atoms with Crippen molar-refractivity contribution in [1.82, 2.24) is 23.6 Å². The molecule has 41 heteroatoms. The van der Waals surface area contributed by atoms with E-state index in [0.717, 1.165) is 85.8 Å². The number of carboxylic acid groups (broad SMARTS) is 1. The molecule has 1 aliphatic heterocycles. The lowest BCUT2D eigenvalue weighted by atomic mass is 9.79. The van der Waals surface area contributed by atoms with E-state index in [1.54, 1.807) is 66.7 Å². The summed E-state index contributed by atoms with van der Waals surface area (Å²) < 4.78 is 159. The van der Waals surface area contributed by atoms with Crippen molar-refractivity contribution in [2.75, 3.05) is 31.6 Å². The van der Waals surface area contributed by atoms with Gasteiger partial charge in [-0.15, -0.1) is 57.8 Å². The maximum absolute atomic E-state index is 13.3. The topological polar surface area (TPSA) is 250 Å². The van der Waals surface area contributed by atoms with E-state index in [1.807, 2.05) is 22.9 Å². The summed E-state index contributed by atoms with van der Waals surface area (Å²) in [6.07, 6.45) is -4.21. The molecule has 18 nitrogen and oxygen atoms in total. The number of H-pyrrole nitrogens is 1. The Bertz CT molecular complexity index is 5420. The van der Waals surface area contributed by atoms with Crippen LogP contribution < -0.4 is 27.7 Å². The van der Waals surface area contributed by atoms with Crippen molar-refractivity contribution < 1.29 is 92.1 Å². The molecule has 0 spiro atoms. The van der Waals surface area contributed by atoms with Gasteiger partial charge in [0.2, 0.25) is 5.91 Å². The molecule has 1 atom stereocenters. The van der Waals surface area contributed by atoms with Gasteiger partial charge in [0.1, 0.15) is 12.3 Å². The number of alkyl halides is 12. The van der Waals surface area contributed by atoms with Crippen molar-refractivity contribution in [3.63, 3.8) is 0 Å². The summed E-state index contributed by atoms with van der Waals surface area (Å²) in [6, 6.07) is 16.8. The van der Waals surface area contributed by atoms with E-state index < -0.39 is 86.8 Å². The smallest absolute Gasteiger partial charge is 0.481 e. The summed E-state index contributed by atoms with van der Waals surface area (Å²) in [7, 11) is -1.94. The number of carbonyl (C=O) groups excluding carboxylic acids is 3.